The van der Waals surface area contributed by atoms with Crippen molar-refractivity contribution >= 4 is 50.2 Å². The Kier molecular flexibility index (Phi) is 6.39. The predicted molar refractivity (Wildman–Crippen MR) is 127 cm³/mol. The quantitative estimate of drug-likeness (QED) is 0.304. The SMILES string of the molecule is COc1ccc(-n2c(SCC(=O)Nc3ccccc3Br)nc3ccccc3c2=O)cc1. The van der Waals surface area contributed by atoms with Crippen LogP contribution in [0.2, 0.25) is 0 Å². The van der Waals surface area contributed by atoms with Crippen LogP contribution in [-0.4, -0.2) is 28.3 Å². The Hall–Kier alpha value is -3.10. The first-order valence-corrected chi connectivity index (χ1v) is 11.2. The summed E-state index contributed by atoms with van der Waals surface area (Å²) >= 11 is 4.63. The fourth-order valence-electron chi connectivity index (χ4n) is 3.05. The van der Waals surface area contributed by atoms with E-state index in [2.05, 4.69) is 26.2 Å². The molecule has 1 amide bonds. The third-order valence-electron chi connectivity index (χ3n) is 4.56. The number of amides is 1. The summed E-state index contributed by atoms with van der Waals surface area (Å²) in [4.78, 5) is 30.4. The van der Waals surface area contributed by atoms with E-state index in [1.54, 1.807) is 43.5 Å². The summed E-state index contributed by atoms with van der Waals surface area (Å²) < 4.78 is 7.54. The number of halogens is 1. The maximum atomic E-state index is 13.3. The molecule has 0 atom stereocenters. The molecule has 0 saturated heterocycles. The molecule has 4 aromatic rings. The Labute approximate surface area is 191 Å². The van der Waals surface area contributed by atoms with Crippen molar-refractivity contribution in [1.82, 2.24) is 9.55 Å². The normalized spacial score (nSPS) is 10.8. The number of thioether (sulfide) groups is 1. The molecule has 0 aliphatic carbocycles. The zero-order valence-electron chi connectivity index (χ0n) is 16.5. The smallest absolute Gasteiger partial charge is 0.266 e. The fourth-order valence-corrected chi connectivity index (χ4v) is 4.24. The van der Waals surface area contributed by atoms with Crippen LogP contribution in [0.5, 0.6) is 5.75 Å². The molecular formula is C23H18BrN3O3S. The Morgan fingerprint density at radius 1 is 1.06 bits per heavy atom. The second kappa shape index (κ2) is 9.36. The largest absolute Gasteiger partial charge is 0.497 e. The van der Waals surface area contributed by atoms with Gasteiger partial charge in [0.05, 0.1) is 35.1 Å². The lowest BCUT2D eigenvalue weighted by Gasteiger charge is -2.14. The summed E-state index contributed by atoms with van der Waals surface area (Å²) in [5.74, 6) is 0.593. The first-order valence-electron chi connectivity index (χ1n) is 9.40. The maximum Gasteiger partial charge on any atom is 0.266 e. The first kappa shape index (κ1) is 21.1. The number of nitrogens with one attached hydrogen (secondary N) is 1. The Morgan fingerprint density at radius 3 is 2.52 bits per heavy atom. The van der Waals surface area contributed by atoms with E-state index in [1.807, 2.05) is 36.4 Å². The topological polar surface area (TPSA) is 73.2 Å². The zero-order valence-corrected chi connectivity index (χ0v) is 18.9. The van der Waals surface area contributed by atoms with Crippen molar-refractivity contribution in [3.05, 3.63) is 87.6 Å². The van der Waals surface area contributed by atoms with Crippen LogP contribution >= 0.6 is 27.7 Å². The van der Waals surface area contributed by atoms with Gasteiger partial charge in [-0.3, -0.25) is 14.2 Å². The number of methoxy groups -OCH3 is 1. The molecule has 0 aliphatic rings. The molecule has 31 heavy (non-hydrogen) atoms. The van der Waals surface area contributed by atoms with E-state index in [0.29, 0.717) is 33.2 Å². The van der Waals surface area contributed by atoms with Gasteiger partial charge in [-0.15, -0.1) is 0 Å². The third kappa shape index (κ3) is 4.65. The van der Waals surface area contributed by atoms with Crippen molar-refractivity contribution in [2.75, 3.05) is 18.2 Å². The molecule has 0 spiro atoms. The van der Waals surface area contributed by atoms with E-state index in [9.17, 15) is 9.59 Å². The highest BCUT2D eigenvalue weighted by Crippen LogP contribution is 2.24. The van der Waals surface area contributed by atoms with Crippen molar-refractivity contribution in [2.45, 2.75) is 5.16 Å². The average molecular weight is 496 g/mol. The van der Waals surface area contributed by atoms with Crippen LogP contribution in [0.15, 0.2) is 87.2 Å². The molecule has 156 valence electrons. The molecule has 8 heteroatoms. The van der Waals surface area contributed by atoms with Gasteiger partial charge in [-0.1, -0.05) is 36.0 Å². The molecule has 0 aliphatic heterocycles. The Balaban J connectivity index is 1.68. The van der Waals surface area contributed by atoms with Gasteiger partial charge >= 0.3 is 0 Å². The lowest BCUT2D eigenvalue weighted by Crippen LogP contribution is -2.23. The van der Waals surface area contributed by atoms with Gasteiger partial charge < -0.3 is 10.1 Å². The van der Waals surface area contributed by atoms with Gasteiger partial charge in [0.1, 0.15) is 5.75 Å². The number of benzene rings is 3. The standard InChI is InChI=1S/C23H18BrN3O3S/c1-30-16-12-10-15(11-13-16)27-22(29)17-6-2-4-8-19(17)26-23(27)31-14-21(28)25-20-9-5-3-7-18(20)24/h2-13H,14H2,1H3,(H,25,28). The number of hydrogen-bond donors (Lipinski definition) is 1. The summed E-state index contributed by atoms with van der Waals surface area (Å²) in [6, 6.07) is 21.7. The van der Waals surface area contributed by atoms with Crippen LogP contribution in [-0.2, 0) is 4.79 Å². The van der Waals surface area contributed by atoms with E-state index in [-0.39, 0.29) is 17.2 Å². The lowest BCUT2D eigenvalue weighted by molar-refractivity contribution is -0.113. The summed E-state index contributed by atoms with van der Waals surface area (Å²) in [6.45, 7) is 0. The Morgan fingerprint density at radius 2 is 1.77 bits per heavy atom. The molecule has 3 aromatic carbocycles. The minimum atomic E-state index is -0.194. The van der Waals surface area contributed by atoms with Crippen LogP contribution in [0.3, 0.4) is 0 Å². The van der Waals surface area contributed by atoms with E-state index in [4.69, 9.17) is 4.74 Å². The Bertz CT molecular complexity index is 1310. The molecule has 6 nitrogen and oxygen atoms in total. The van der Waals surface area contributed by atoms with Crippen molar-refractivity contribution in [2.24, 2.45) is 0 Å². The number of carbonyl (C=O) groups excluding carboxylic acids is 1. The number of aromatic nitrogens is 2. The molecular weight excluding hydrogens is 478 g/mol. The second-order valence-electron chi connectivity index (χ2n) is 6.57. The minimum absolute atomic E-state index is 0.0995. The molecule has 1 aromatic heterocycles. The van der Waals surface area contributed by atoms with Crippen molar-refractivity contribution in [3.63, 3.8) is 0 Å². The number of nitrogens with zero attached hydrogens (tertiary/aromatic N) is 2. The summed E-state index contributed by atoms with van der Waals surface area (Å²) in [5.41, 5.74) is 1.74. The van der Waals surface area contributed by atoms with Crippen LogP contribution in [0.25, 0.3) is 16.6 Å². The third-order valence-corrected chi connectivity index (χ3v) is 6.19. The number of ether oxygens (including phenoxy) is 1. The van der Waals surface area contributed by atoms with Crippen LogP contribution in [0, 0.1) is 0 Å². The molecule has 0 radical (unpaired) electrons. The molecule has 1 N–H and O–H groups in total. The molecule has 4 rings (SSSR count). The number of hydrogen-bond acceptors (Lipinski definition) is 5. The number of fused-ring (bicyclic) bond motifs is 1. The van der Waals surface area contributed by atoms with E-state index < -0.39 is 0 Å². The molecule has 0 unspecified atom stereocenters. The number of anilines is 1. The molecule has 0 bridgehead atoms. The van der Waals surface area contributed by atoms with E-state index in [1.165, 1.54) is 16.3 Å². The monoisotopic (exact) mass is 495 g/mol. The zero-order chi connectivity index (χ0) is 21.8. The van der Waals surface area contributed by atoms with Gasteiger partial charge in [-0.05, 0) is 64.5 Å². The summed E-state index contributed by atoms with van der Waals surface area (Å²) in [7, 11) is 1.59. The highest BCUT2D eigenvalue weighted by molar-refractivity contribution is 9.10. The van der Waals surface area contributed by atoms with Crippen molar-refractivity contribution in [3.8, 4) is 11.4 Å². The maximum absolute atomic E-state index is 13.3. The summed E-state index contributed by atoms with van der Waals surface area (Å²) in [6.07, 6.45) is 0. The summed E-state index contributed by atoms with van der Waals surface area (Å²) in [5, 5.41) is 3.82. The lowest BCUT2D eigenvalue weighted by atomic mass is 10.2. The van der Waals surface area contributed by atoms with Crippen LogP contribution < -0.4 is 15.6 Å². The minimum Gasteiger partial charge on any atom is -0.497 e. The highest BCUT2D eigenvalue weighted by Gasteiger charge is 2.15. The van der Waals surface area contributed by atoms with Gasteiger partial charge in [0.25, 0.3) is 5.56 Å². The number of carbonyl (C=O) groups is 1. The number of rotatable bonds is 6. The van der Waals surface area contributed by atoms with Gasteiger partial charge in [-0.25, -0.2) is 4.98 Å². The van der Waals surface area contributed by atoms with Gasteiger partial charge in [0.15, 0.2) is 5.16 Å². The highest BCUT2D eigenvalue weighted by atomic mass is 79.9. The van der Waals surface area contributed by atoms with Gasteiger partial charge in [0, 0.05) is 4.47 Å². The predicted octanol–water partition coefficient (Wildman–Crippen LogP) is 4.89. The van der Waals surface area contributed by atoms with E-state index >= 15 is 0 Å². The molecule has 0 saturated carbocycles. The first-order chi connectivity index (χ1) is 15.1. The van der Waals surface area contributed by atoms with Crippen molar-refractivity contribution < 1.29 is 9.53 Å². The van der Waals surface area contributed by atoms with Gasteiger partial charge in [0.2, 0.25) is 5.91 Å². The van der Waals surface area contributed by atoms with Crippen LogP contribution in [0.4, 0.5) is 5.69 Å². The second-order valence-corrected chi connectivity index (χ2v) is 8.36. The van der Waals surface area contributed by atoms with E-state index in [0.717, 1.165) is 4.47 Å². The fraction of sp³-hybridized carbons (Fsp3) is 0.0870. The average Bonchev–Trinajstić information content (AvgIpc) is 2.79. The van der Waals surface area contributed by atoms with Crippen molar-refractivity contribution in [1.29, 1.82) is 0 Å². The van der Waals surface area contributed by atoms with Gasteiger partial charge in [-0.2, -0.15) is 0 Å². The van der Waals surface area contributed by atoms with Crippen LogP contribution in [0.1, 0.15) is 0 Å². The molecule has 1 heterocycles. The number of para-hydroxylation sites is 2. The molecule has 0 fully saturated rings.